The van der Waals surface area contributed by atoms with Crippen molar-refractivity contribution in [2.45, 2.75) is 58.3 Å². The van der Waals surface area contributed by atoms with E-state index in [0.717, 1.165) is 59.3 Å². The topological polar surface area (TPSA) is 74.1 Å². The fourth-order valence-corrected chi connectivity index (χ4v) is 3.91. The lowest BCUT2D eigenvalue weighted by atomic mass is 10.0. The van der Waals surface area contributed by atoms with Crippen molar-refractivity contribution in [1.29, 1.82) is 0 Å². The van der Waals surface area contributed by atoms with Gasteiger partial charge < -0.3 is 4.74 Å². The molecule has 4 rings (SSSR count). The number of hydrogen-bond acceptors (Lipinski definition) is 5. The van der Waals surface area contributed by atoms with Crippen molar-refractivity contribution in [3.05, 3.63) is 42.4 Å². The minimum Gasteiger partial charge on any atom is -0.356 e. The smallest absolute Gasteiger partial charge is 0.150 e. The Labute approximate surface area is 178 Å². The Hall–Kier alpha value is -2.48. The Bertz CT molecular complexity index is 1050. The van der Waals surface area contributed by atoms with Gasteiger partial charge in [0.2, 0.25) is 0 Å². The van der Waals surface area contributed by atoms with Crippen LogP contribution in [-0.2, 0) is 18.3 Å². The summed E-state index contributed by atoms with van der Waals surface area (Å²) in [5.41, 5.74) is 5.07. The molecule has 1 unspecified atom stereocenters. The molecule has 0 radical (unpaired) electrons. The Morgan fingerprint density at radius 3 is 2.80 bits per heavy atom. The predicted octanol–water partition coefficient (Wildman–Crippen LogP) is 4.25. The number of nitrogens with two attached hydrogens (primary N) is 1. The maximum atomic E-state index is 6.33. The van der Waals surface area contributed by atoms with Gasteiger partial charge in [0.25, 0.3) is 0 Å². The van der Waals surface area contributed by atoms with E-state index in [2.05, 4.69) is 50.6 Å². The number of rotatable bonds is 5. The van der Waals surface area contributed by atoms with Crippen molar-refractivity contribution < 1.29 is 4.74 Å². The number of aryl methyl sites for hydroxylation is 1. The third kappa shape index (κ3) is 3.80. The van der Waals surface area contributed by atoms with Gasteiger partial charge in [-0.2, -0.15) is 10.2 Å². The Morgan fingerprint density at radius 2 is 2.13 bits per heavy atom. The number of hydrazine groups is 1. The quantitative estimate of drug-likeness (QED) is 0.504. The summed E-state index contributed by atoms with van der Waals surface area (Å²) in [6.07, 6.45) is 6.99. The molecule has 7 nitrogen and oxygen atoms in total. The van der Waals surface area contributed by atoms with E-state index >= 15 is 0 Å². The van der Waals surface area contributed by atoms with Gasteiger partial charge >= 0.3 is 0 Å². The average Bonchev–Trinajstić information content (AvgIpc) is 3.28. The molecular formula is C23H32N6O. The van der Waals surface area contributed by atoms with E-state index in [0.29, 0.717) is 6.54 Å². The average molecular weight is 409 g/mol. The van der Waals surface area contributed by atoms with Gasteiger partial charge in [0.15, 0.2) is 6.23 Å². The van der Waals surface area contributed by atoms with Gasteiger partial charge in [0.05, 0.1) is 29.6 Å². The molecule has 1 aromatic carbocycles. The van der Waals surface area contributed by atoms with Crippen LogP contribution in [0.4, 0.5) is 0 Å². The molecule has 30 heavy (non-hydrogen) atoms. The number of benzene rings is 1. The molecule has 2 N–H and O–H groups in total. The van der Waals surface area contributed by atoms with Gasteiger partial charge in [-0.1, -0.05) is 12.6 Å². The SMILES string of the molecule is C=Cc1nn(C2CCCCO2)c2ccc(-c3cnn(C)c3CN(N)C(C)(C)C)cc12. The van der Waals surface area contributed by atoms with E-state index in [1.807, 2.05) is 33.7 Å². The van der Waals surface area contributed by atoms with Crippen LogP contribution in [0.2, 0.25) is 0 Å². The molecule has 0 saturated carbocycles. The van der Waals surface area contributed by atoms with Gasteiger partial charge in [0.1, 0.15) is 0 Å². The summed E-state index contributed by atoms with van der Waals surface area (Å²) in [6.45, 7) is 11.7. The zero-order valence-corrected chi connectivity index (χ0v) is 18.4. The molecule has 160 valence electrons. The lowest BCUT2D eigenvalue weighted by Gasteiger charge is -2.31. The maximum absolute atomic E-state index is 6.33. The van der Waals surface area contributed by atoms with Crippen molar-refractivity contribution in [2.24, 2.45) is 12.9 Å². The molecule has 2 aromatic heterocycles. The lowest BCUT2D eigenvalue weighted by molar-refractivity contribution is -0.0367. The molecule has 7 heteroatoms. The predicted molar refractivity (Wildman–Crippen MR) is 120 cm³/mol. The number of fused-ring (bicyclic) bond motifs is 1. The van der Waals surface area contributed by atoms with Crippen molar-refractivity contribution >= 4 is 17.0 Å². The summed E-state index contributed by atoms with van der Waals surface area (Å²) in [4.78, 5) is 0. The van der Waals surface area contributed by atoms with Crippen LogP contribution in [0.15, 0.2) is 31.0 Å². The highest BCUT2D eigenvalue weighted by atomic mass is 16.5. The van der Waals surface area contributed by atoms with Gasteiger partial charge in [-0.15, -0.1) is 0 Å². The number of ether oxygens (including phenoxy) is 1. The minimum absolute atomic E-state index is 0.00710. The van der Waals surface area contributed by atoms with E-state index in [-0.39, 0.29) is 11.8 Å². The fourth-order valence-electron chi connectivity index (χ4n) is 3.91. The molecule has 1 aliphatic rings. The summed E-state index contributed by atoms with van der Waals surface area (Å²) < 4.78 is 9.89. The van der Waals surface area contributed by atoms with E-state index in [9.17, 15) is 0 Å². The fraction of sp³-hybridized carbons (Fsp3) is 0.478. The molecule has 0 amide bonds. The summed E-state index contributed by atoms with van der Waals surface area (Å²) in [6, 6.07) is 6.44. The third-order valence-electron chi connectivity index (χ3n) is 5.91. The minimum atomic E-state index is -0.136. The highest BCUT2D eigenvalue weighted by molar-refractivity contribution is 5.91. The highest BCUT2D eigenvalue weighted by Gasteiger charge is 2.23. The van der Waals surface area contributed by atoms with Gasteiger partial charge in [0, 0.05) is 30.1 Å². The van der Waals surface area contributed by atoms with Crippen LogP contribution in [0.25, 0.3) is 28.1 Å². The molecular weight excluding hydrogens is 376 g/mol. The first kappa shape index (κ1) is 20.8. The van der Waals surface area contributed by atoms with E-state index in [1.165, 1.54) is 0 Å². The first-order chi connectivity index (χ1) is 14.3. The number of hydrogen-bond donors (Lipinski definition) is 1. The maximum Gasteiger partial charge on any atom is 0.150 e. The van der Waals surface area contributed by atoms with Crippen molar-refractivity contribution in [3.63, 3.8) is 0 Å². The first-order valence-corrected chi connectivity index (χ1v) is 10.6. The summed E-state index contributed by atoms with van der Waals surface area (Å²) in [5.74, 6) is 6.33. The highest BCUT2D eigenvalue weighted by Crippen LogP contribution is 2.33. The van der Waals surface area contributed by atoms with E-state index in [1.54, 1.807) is 0 Å². The largest absolute Gasteiger partial charge is 0.356 e. The lowest BCUT2D eigenvalue weighted by Crippen LogP contribution is -2.46. The molecule has 0 aliphatic carbocycles. The van der Waals surface area contributed by atoms with E-state index in [4.69, 9.17) is 15.7 Å². The Morgan fingerprint density at radius 1 is 1.33 bits per heavy atom. The molecule has 1 saturated heterocycles. The molecule has 0 bridgehead atoms. The Kier molecular flexibility index (Phi) is 5.53. The van der Waals surface area contributed by atoms with Crippen LogP contribution in [0, 0.1) is 0 Å². The number of aromatic nitrogens is 4. The molecule has 1 atom stereocenters. The summed E-state index contributed by atoms with van der Waals surface area (Å²) >= 11 is 0. The van der Waals surface area contributed by atoms with Crippen molar-refractivity contribution in [1.82, 2.24) is 24.6 Å². The van der Waals surface area contributed by atoms with Crippen LogP contribution in [-0.4, -0.2) is 36.7 Å². The van der Waals surface area contributed by atoms with Crippen LogP contribution >= 0.6 is 0 Å². The second kappa shape index (κ2) is 7.98. The zero-order valence-electron chi connectivity index (χ0n) is 18.4. The molecule has 1 aliphatic heterocycles. The van der Waals surface area contributed by atoms with E-state index < -0.39 is 0 Å². The van der Waals surface area contributed by atoms with Crippen LogP contribution in [0.1, 0.15) is 57.6 Å². The van der Waals surface area contributed by atoms with Crippen LogP contribution < -0.4 is 5.84 Å². The van der Waals surface area contributed by atoms with Crippen LogP contribution in [0.5, 0.6) is 0 Å². The van der Waals surface area contributed by atoms with Crippen molar-refractivity contribution in [2.75, 3.05) is 6.61 Å². The molecule has 0 spiro atoms. The normalized spacial score (nSPS) is 17.7. The summed E-state index contributed by atoms with van der Waals surface area (Å²) in [5, 5.41) is 12.2. The summed E-state index contributed by atoms with van der Waals surface area (Å²) in [7, 11) is 1.96. The molecule has 3 aromatic rings. The van der Waals surface area contributed by atoms with Crippen LogP contribution in [0.3, 0.4) is 0 Å². The molecule has 1 fully saturated rings. The standard InChI is InChI=1S/C23H32N6O/c1-6-19-17-13-16(10-11-20(17)29(26-19)22-9-7-8-12-30-22)18-14-25-27(5)21(18)15-28(24)23(2,3)4/h6,10-11,13-14,22H,1,7-9,12,15,24H2,2-5H3. The number of nitrogens with zero attached hydrogens (tertiary/aromatic N) is 5. The van der Waals surface area contributed by atoms with Gasteiger partial charge in [-0.25, -0.2) is 9.69 Å². The zero-order chi connectivity index (χ0) is 21.5. The van der Waals surface area contributed by atoms with Crippen molar-refractivity contribution in [3.8, 4) is 11.1 Å². The first-order valence-electron chi connectivity index (χ1n) is 10.6. The van der Waals surface area contributed by atoms with Gasteiger partial charge in [-0.05, 0) is 63.8 Å². The molecule has 3 heterocycles. The monoisotopic (exact) mass is 408 g/mol. The second-order valence-electron chi connectivity index (χ2n) is 9.01. The van der Waals surface area contributed by atoms with Gasteiger partial charge in [-0.3, -0.25) is 10.5 Å². The second-order valence-corrected chi connectivity index (χ2v) is 9.01. The third-order valence-corrected chi connectivity index (χ3v) is 5.91. The Balaban J connectivity index is 1.75.